The first-order valence-corrected chi connectivity index (χ1v) is 8.61. The largest absolute Gasteiger partial charge is 0.490 e. The van der Waals surface area contributed by atoms with Crippen molar-refractivity contribution < 1.29 is 9.47 Å². The zero-order chi connectivity index (χ0) is 18.8. The quantitative estimate of drug-likeness (QED) is 0.683. The molecule has 1 unspecified atom stereocenters. The number of anilines is 1. The van der Waals surface area contributed by atoms with E-state index >= 15 is 0 Å². The number of rotatable bonds is 5. The summed E-state index contributed by atoms with van der Waals surface area (Å²) in [5, 5.41) is 3.03. The lowest BCUT2D eigenvalue weighted by molar-refractivity contribution is 0.298. The van der Waals surface area contributed by atoms with Crippen molar-refractivity contribution in [3.8, 4) is 23.8 Å². The summed E-state index contributed by atoms with van der Waals surface area (Å²) in [6, 6.07) is 13.6. The van der Waals surface area contributed by atoms with Crippen LogP contribution in [-0.4, -0.2) is 28.7 Å². The van der Waals surface area contributed by atoms with Crippen molar-refractivity contribution in [1.82, 2.24) is 9.55 Å². The number of aromatic nitrogens is 2. The van der Waals surface area contributed by atoms with Crippen LogP contribution in [0.1, 0.15) is 18.7 Å². The summed E-state index contributed by atoms with van der Waals surface area (Å²) in [4.78, 5) is 9.20. The average molecular weight is 361 g/mol. The summed E-state index contributed by atoms with van der Waals surface area (Å²) in [5.41, 5.74) is 8.74. The fourth-order valence-electron chi connectivity index (χ4n) is 3.13. The van der Waals surface area contributed by atoms with Crippen LogP contribution in [0.25, 0.3) is 11.0 Å². The Morgan fingerprint density at radius 3 is 2.89 bits per heavy atom. The smallest absolute Gasteiger partial charge is 0.212 e. The van der Waals surface area contributed by atoms with Crippen LogP contribution in [0, 0.1) is 12.3 Å². The van der Waals surface area contributed by atoms with Crippen LogP contribution < -0.4 is 20.5 Å². The van der Waals surface area contributed by atoms with E-state index in [0.29, 0.717) is 30.0 Å². The molecule has 2 heterocycles. The molecule has 1 aromatic heterocycles. The highest BCUT2D eigenvalue weighted by Crippen LogP contribution is 2.36. The van der Waals surface area contributed by atoms with Crippen molar-refractivity contribution in [2.75, 3.05) is 18.5 Å². The maximum atomic E-state index is 6.00. The maximum absolute atomic E-state index is 6.00. The standard InChI is InChI=1S/C20H19N5O2/c1-3-11-27-16-10-9-13(12-17(16)26-4-2)18-23-19(21)24-20-22-14-7-5-6-8-15(14)25(18)20/h1,5-10,12,18H,4,11H2,2H3,(H3,21,22,23,24). The van der Waals surface area contributed by atoms with E-state index in [0.717, 1.165) is 16.6 Å². The number of terminal acetylenes is 1. The van der Waals surface area contributed by atoms with E-state index in [1.807, 2.05) is 54.0 Å². The predicted octanol–water partition coefficient (Wildman–Crippen LogP) is 2.73. The van der Waals surface area contributed by atoms with E-state index in [4.69, 9.17) is 21.6 Å². The number of nitrogens with two attached hydrogens (primary N) is 1. The molecule has 27 heavy (non-hydrogen) atoms. The van der Waals surface area contributed by atoms with Gasteiger partial charge in [0.1, 0.15) is 6.61 Å². The molecule has 136 valence electrons. The van der Waals surface area contributed by atoms with Gasteiger partial charge in [0.05, 0.1) is 17.6 Å². The van der Waals surface area contributed by atoms with Gasteiger partial charge in [0.2, 0.25) is 5.95 Å². The molecule has 1 aliphatic heterocycles. The molecule has 0 bridgehead atoms. The molecule has 7 nitrogen and oxygen atoms in total. The lowest BCUT2D eigenvalue weighted by atomic mass is 10.1. The van der Waals surface area contributed by atoms with E-state index in [9.17, 15) is 0 Å². The van der Waals surface area contributed by atoms with E-state index in [-0.39, 0.29) is 12.8 Å². The molecule has 0 radical (unpaired) electrons. The second-order valence-corrected chi connectivity index (χ2v) is 5.94. The Morgan fingerprint density at radius 2 is 2.07 bits per heavy atom. The second kappa shape index (κ2) is 6.92. The number of para-hydroxylation sites is 2. The van der Waals surface area contributed by atoms with Crippen LogP contribution in [0.2, 0.25) is 0 Å². The molecule has 0 spiro atoms. The molecule has 1 atom stereocenters. The normalized spacial score (nSPS) is 15.4. The number of imidazole rings is 1. The summed E-state index contributed by atoms with van der Waals surface area (Å²) < 4.78 is 13.3. The summed E-state index contributed by atoms with van der Waals surface area (Å²) >= 11 is 0. The number of hydrogen-bond donors (Lipinski definition) is 2. The van der Waals surface area contributed by atoms with Gasteiger partial charge in [0, 0.05) is 5.56 Å². The van der Waals surface area contributed by atoms with E-state index < -0.39 is 0 Å². The Labute approximate surface area is 156 Å². The third-order valence-corrected chi connectivity index (χ3v) is 4.22. The zero-order valence-electron chi connectivity index (χ0n) is 14.8. The van der Waals surface area contributed by atoms with Crippen LogP contribution in [0.4, 0.5) is 5.95 Å². The predicted molar refractivity (Wildman–Crippen MR) is 105 cm³/mol. The van der Waals surface area contributed by atoms with Crippen LogP contribution in [0.5, 0.6) is 11.5 Å². The van der Waals surface area contributed by atoms with Crippen LogP contribution in [0.15, 0.2) is 47.5 Å². The Morgan fingerprint density at radius 1 is 1.22 bits per heavy atom. The fraction of sp³-hybridized carbons (Fsp3) is 0.200. The van der Waals surface area contributed by atoms with Gasteiger partial charge in [-0.15, -0.1) is 6.42 Å². The molecular formula is C20H19N5O2. The van der Waals surface area contributed by atoms with Crippen molar-refractivity contribution in [1.29, 1.82) is 0 Å². The fourth-order valence-corrected chi connectivity index (χ4v) is 3.13. The van der Waals surface area contributed by atoms with E-state index in [1.165, 1.54) is 0 Å². The molecule has 3 aromatic rings. The summed E-state index contributed by atoms with van der Waals surface area (Å²) in [6.07, 6.45) is 4.93. The number of hydrogen-bond acceptors (Lipinski definition) is 6. The Balaban J connectivity index is 1.82. The molecule has 1 aliphatic rings. The SMILES string of the molecule is C#CCOc1ccc(C2N=C(N)Nc3nc4ccccc4n32)cc1OCC. The van der Waals surface area contributed by atoms with Gasteiger partial charge in [-0.25, -0.2) is 9.98 Å². The lowest BCUT2D eigenvalue weighted by Crippen LogP contribution is -2.31. The Bertz CT molecular complexity index is 1060. The Kier molecular flexibility index (Phi) is 4.30. The van der Waals surface area contributed by atoms with Gasteiger partial charge in [0.25, 0.3) is 0 Å². The molecule has 0 saturated carbocycles. The van der Waals surface area contributed by atoms with E-state index in [2.05, 4.69) is 21.2 Å². The van der Waals surface area contributed by atoms with Gasteiger partial charge in [-0.3, -0.25) is 9.88 Å². The van der Waals surface area contributed by atoms with Crippen LogP contribution >= 0.6 is 0 Å². The first-order valence-electron chi connectivity index (χ1n) is 8.61. The monoisotopic (exact) mass is 361 g/mol. The van der Waals surface area contributed by atoms with Gasteiger partial charge >= 0.3 is 0 Å². The molecule has 0 amide bonds. The van der Waals surface area contributed by atoms with Crippen LogP contribution in [0.3, 0.4) is 0 Å². The highest BCUT2D eigenvalue weighted by atomic mass is 16.5. The van der Waals surface area contributed by atoms with Gasteiger partial charge in [0.15, 0.2) is 23.6 Å². The number of ether oxygens (including phenoxy) is 2. The average Bonchev–Trinajstić information content (AvgIpc) is 3.04. The van der Waals surface area contributed by atoms with Gasteiger partial charge < -0.3 is 15.2 Å². The van der Waals surface area contributed by atoms with Crippen LogP contribution in [-0.2, 0) is 0 Å². The highest BCUT2D eigenvalue weighted by Gasteiger charge is 2.25. The molecule has 7 heteroatoms. The van der Waals surface area contributed by atoms with Gasteiger partial charge in [-0.1, -0.05) is 24.1 Å². The number of nitrogens with zero attached hydrogens (tertiary/aromatic N) is 3. The van der Waals surface area contributed by atoms with Gasteiger partial charge in [-0.05, 0) is 31.2 Å². The third-order valence-electron chi connectivity index (χ3n) is 4.22. The zero-order valence-corrected chi connectivity index (χ0v) is 14.8. The summed E-state index contributed by atoms with van der Waals surface area (Å²) in [7, 11) is 0. The first kappa shape index (κ1) is 16.8. The molecule has 0 aliphatic carbocycles. The van der Waals surface area contributed by atoms with Crippen molar-refractivity contribution in [3.63, 3.8) is 0 Å². The van der Waals surface area contributed by atoms with Gasteiger partial charge in [-0.2, -0.15) is 0 Å². The van der Waals surface area contributed by atoms with Crippen molar-refractivity contribution in [2.24, 2.45) is 10.7 Å². The minimum absolute atomic E-state index is 0.175. The second-order valence-electron chi connectivity index (χ2n) is 5.94. The Hall–Kier alpha value is -3.66. The number of guanidine groups is 1. The number of benzene rings is 2. The highest BCUT2D eigenvalue weighted by molar-refractivity contribution is 5.94. The number of nitrogens with one attached hydrogen (secondary N) is 1. The van der Waals surface area contributed by atoms with Crippen molar-refractivity contribution in [3.05, 3.63) is 48.0 Å². The third kappa shape index (κ3) is 3.02. The van der Waals surface area contributed by atoms with E-state index in [1.54, 1.807) is 0 Å². The number of fused-ring (bicyclic) bond motifs is 3. The topological polar surface area (TPSA) is 86.7 Å². The lowest BCUT2D eigenvalue weighted by Gasteiger charge is -2.24. The molecule has 3 N–H and O–H groups in total. The molecular weight excluding hydrogens is 342 g/mol. The molecule has 2 aromatic carbocycles. The number of aliphatic imine (C=N–C) groups is 1. The molecule has 0 fully saturated rings. The molecule has 4 rings (SSSR count). The maximum Gasteiger partial charge on any atom is 0.212 e. The van der Waals surface area contributed by atoms with Crippen molar-refractivity contribution >= 4 is 22.9 Å². The minimum Gasteiger partial charge on any atom is -0.490 e. The minimum atomic E-state index is -0.366. The summed E-state index contributed by atoms with van der Waals surface area (Å²) in [6.45, 7) is 2.60. The first-order chi connectivity index (χ1) is 13.2. The summed E-state index contributed by atoms with van der Waals surface area (Å²) in [5.74, 6) is 4.64. The van der Waals surface area contributed by atoms with Crippen molar-refractivity contribution in [2.45, 2.75) is 13.1 Å². The molecule has 0 saturated heterocycles.